The van der Waals surface area contributed by atoms with Crippen molar-refractivity contribution < 1.29 is 4.92 Å². The summed E-state index contributed by atoms with van der Waals surface area (Å²) in [5.41, 5.74) is 4.84. The number of hydrogen-bond donors (Lipinski definition) is 2. The maximum atomic E-state index is 11.4. The molecule has 2 aromatic carbocycles. The minimum absolute atomic E-state index is 0.107. The largest absolute Gasteiger partial charge is 0.378 e. The van der Waals surface area contributed by atoms with Gasteiger partial charge in [-0.1, -0.05) is 6.07 Å². The first-order valence-electron chi connectivity index (χ1n) is 9.19. The summed E-state index contributed by atoms with van der Waals surface area (Å²) < 4.78 is 0. The number of anilines is 3. The van der Waals surface area contributed by atoms with E-state index in [1.807, 2.05) is 17.8 Å². The quantitative estimate of drug-likeness (QED) is 0.542. The Hall–Kier alpha value is -2.25. The lowest BCUT2D eigenvalue weighted by Crippen LogP contribution is -2.36. The van der Waals surface area contributed by atoms with Gasteiger partial charge in [0.15, 0.2) is 0 Å². The second-order valence-corrected chi connectivity index (χ2v) is 8.10. The number of hydrogen-bond acceptors (Lipinski definition) is 6. The fraction of sp³-hybridized carbons (Fsp3) is 0.400. The van der Waals surface area contributed by atoms with Crippen molar-refractivity contribution in [2.45, 2.75) is 13.8 Å². The molecule has 1 aliphatic rings. The van der Waals surface area contributed by atoms with E-state index >= 15 is 0 Å². The molecule has 3 rings (SSSR count). The van der Waals surface area contributed by atoms with Crippen LogP contribution in [0.5, 0.6) is 0 Å². The molecule has 2 aromatic rings. The molecule has 0 aromatic heterocycles. The third kappa shape index (κ3) is 5.61. The van der Waals surface area contributed by atoms with Gasteiger partial charge in [0.05, 0.1) is 4.92 Å². The van der Waals surface area contributed by atoms with Crippen LogP contribution < -0.4 is 10.6 Å². The number of nitrogens with zero attached hydrogens (tertiary/aromatic N) is 2. The monoisotopic (exact) mass is 386 g/mol. The lowest BCUT2D eigenvalue weighted by molar-refractivity contribution is -0.383. The van der Waals surface area contributed by atoms with Crippen molar-refractivity contribution in [1.82, 2.24) is 4.90 Å². The number of nitro groups is 1. The Labute approximate surface area is 164 Å². The predicted octanol–water partition coefficient (Wildman–Crippen LogP) is 4.42. The molecular formula is C20H26N4O2S. The molecule has 0 aliphatic carbocycles. The summed E-state index contributed by atoms with van der Waals surface area (Å²) >= 11 is 1.98. The molecule has 7 heteroatoms. The molecule has 0 unspecified atom stereocenters. The Morgan fingerprint density at radius 3 is 2.44 bits per heavy atom. The molecule has 0 saturated carbocycles. The van der Waals surface area contributed by atoms with Crippen LogP contribution in [0.2, 0.25) is 0 Å². The molecule has 27 heavy (non-hydrogen) atoms. The van der Waals surface area contributed by atoms with E-state index in [0.717, 1.165) is 42.5 Å². The maximum absolute atomic E-state index is 11.4. The Morgan fingerprint density at radius 2 is 1.78 bits per heavy atom. The van der Waals surface area contributed by atoms with Crippen LogP contribution in [0.3, 0.4) is 0 Å². The summed E-state index contributed by atoms with van der Waals surface area (Å²) in [5, 5.41) is 18.0. The van der Waals surface area contributed by atoms with Crippen molar-refractivity contribution in [3.05, 3.63) is 57.6 Å². The van der Waals surface area contributed by atoms with Gasteiger partial charge in [0.2, 0.25) is 0 Å². The zero-order valence-corrected chi connectivity index (χ0v) is 16.6. The van der Waals surface area contributed by atoms with Gasteiger partial charge in [-0.15, -0.1) is 0 Å². The van der Waals surface area contributed by atoms with E-state index < -0.39 is 0 Å². The third-order valence-electron chi connectivity index (χ3n) is 4.55. The Bertz CT molecular complexity index is 786. The molecule has 0 spiro atoms. The highest BCUT2D eigenvalue weighted by Crippen LogP contribution is 2.29. The van der Waals surface area contributed by atoms with Crippen molar-refractivity contribution in [3.8, 4) is 0 Å². The third-order valence-corrected chi connectivity index (χ3v) is 5.49. The van der Waals surface area contributed by atoms with Crippen molar-refractivity contribution >= 4 is 34.5 Å². The highest BCUT2D eigenvalue weighted by molar-refractivity contribution is 7.99. The first-order valence-corrected chi connectivity index (χ1v) is 10.3. The van der Waals surface area contributed by atoms with Gasteiger partial charge < -0.3 is 10.6 Å². The normalized spacial score (nSPS) is 14.7. The van der Waals surface area contributed by atoms with Gasteiger partial charge in [-0.2, -0.15) is 11.8 Å². The highest BCUT2D eigenvalue weighted by Gasteiger charge is 2.15. The summed E-state index contributed by atoms with van der Waals surface area (Å²) in [6, 6.07) is 11.4. The van der Waals surface area contributed by atoms with E-state index in [-0.39, 0.29) is 10.6 Å². The number of rotatable bonds is 7. The fourth-order valence-electron chi connectivity index (χ4n) is 3.30. The van der Waals surface area contributed by atoms with Crippen LogP contribution in [0.25, 0.3) is 0 Å². The van der Waals surface area contributed by atoms with Crippen molar-refractivity contribution in [1.29, 1.82) is 0 Å². The first-order chi connectivity index (χ1) is 13.0. The molecule has 0 radical (unpaired) electrons. The van der Waals surface area contributed by atoms with Gasteiger partial charge >= 0.3 is 0 Å². The highest BCUT2D eigenvalue weighted by atomic mass is 32.2. The molecule has 1 fully saturated rings. The molecular weight excluding hydrogens is 360 g/mol. The van der Waals surface area contributed by atoms with Crippen molar-refractivity contribution in [3.63, 3.8) is 0 Å². The van der Waals surface area contributed by atoms with Crippen LogP contribution >= 0.6 is 11.8 Å². The first kappa shape index (κ1) is 19.5. The van der Waals surface area contributed by atoms with Crippen LogP contribution in [-0.2, 0) is 0 Å². The molecule has 0 atom stereocenters. The van der Waals surface area contributed by atoms with Gasteiger partial charge in [0.25, 0.3) is 5.69 Å². The smallest absolute Gasteiger partial charge is 0.292 e. The standard InChI is InChI=1S/C20H26N4O2S/c1-15-11-16(2)13-18(12-15)22-17-3-4-20(24(25)26)19(14-17)21-5-6-23-7-9-27-10-8-23/h3-4,11-14,21-22H,5-10H2,1-2H3. The molecule has 1 heterocycles. The zero-order chi connectivity index (χ0) is 19.2. The second kappa shape index (κ2) is 9.10. The Kier molecular flexibility index (Phi) is 6.58. The summed E-state index contributed by atoms with van der Waals surface area (Å²) in [6.45, 7) is 7.87. The van der Waals surface area contributed by atoms with Crippen LogP contribution in [-0.4, -0.2) is 47.5 Å². The Balaban J connectivity index is 1.70. The van der Waals surface area contributed by atoms with Gasteiger partial charge in [-0.05, 0) is 49.2 Å². The van der Waals surface area contributed by atoms with Gasteiger partial charge in [0.1, 0.15) is 5.69 Å². The Morgan fingerprint density at radius 1 is 1.07 bits per heavy atom. The van der Waals surface area contributed by atoms with Gasteiger partial charge in [0, 0.05) is 55.1 Å². The van der Waals surface area contributed by atoms with Crippen LogP contribution in [0.15, 0.2) is 36.4 Å². The van der Waals surface area contributed by atoms with Crippen LogP contribution in [0.1, 0.15) is 11.1 Å². The average molecular weight is 387 g/mol. The van der Waals surface area contributed by atoms with Crippen LogP contribution in [0, 0.1) is 24.0 Å². The maximum Gasteiger partial charge on any atom is 0.292 e. The second-order valence-electron chi connectivity index (χ2n) is 6.87. The predicted molar refractivity (Wildman–Crippen MR) is 115 cm³/mol. The van der Waals surface area contributed by atoms with E-state index in [2.05, 4.69) is 47.6 Å². The minimum Gasteiger partial charge on any atom is -0.378 e. The molecule has 1 aliphatic heterocycles. The molecule has 0 amide bonds. The molecule has 1 saturated heterocycles. The van der Waals surface area contributed by atoms with Gasteiger partial charge in [-0.3, -0.25) is 15.0 Å². The van der Waals surface area contributed by atoms with E-state index in [9.17, 15) is 10.1 Å². The fourth-order valence-corrected chi connectivity index (χ4v) is 4.28. The summed E-state index contributed by atoms with van der Waals surface area (Å²) in [5.74, 6) is 2.32. The van der Waals surface area contributed by atoms with Gasteiger partial charge in [-0.25, -0.2) is 0 Å². The summed E-state index contributed by atoms with van der Waals surface area (Å²) in [6.07, 6.45) is 0. The van der Waals surface area contributed by atoms with Crippen LogP contribution in [0.4, 0.5) is 22.7 Å². The zero-order valence-electron chi connectivity index (χ0n) is 15.8. The van der Waals surface area contributed by atoms with Crippen molar-refractivity contribution in [2.24, 2.45) is 0 Å². The number of nitro benzene ring substituents is 1. The van der Waals surface area contributed by atoms with E-state index in [0.29, 0.717) is 12.2 Å². The average Bonchev–Trinajstić information content (AvgIpc) is 2.62. The minimum atomic E-state index is -0.333. The van der Waals surface area contributed by atoms with E-state index in [1.165, 1.54) is 11.1 Å². The van der Waals surface area contributed by atoms with E-state index in [1.54, 1.807) is 12.1 Å². The molecule has 144 valence electrons. The molecule has 0 bridgehead atoms. The van der Waals surface area contributed by atoms with Crippen molar-refractivity contribution in [2.75, 3.05) is 48.3 Å². The number of thioether (sulfide) groups is 1. The lowest BCUT2D eigenvalue weighted by Gasteiger charge is -2.26. The topological polar surface area (TPSA) is 70.4 Å². The number of benzene rings is 2. The van der Waals surface area contributed by atoms with E-state index in [4.69, 9.17) is 0 Å². The molecule has 6 nitrogen and oxygen atoms in total. The number of nitrogens with one attached hydrogen (secondary N) is 2. The number of aryl methyl sites for hydroxylation is 2. The molecule has 2 N–H and O–H groups in total. The lowest BCUT2D eigenvalue weighted by atomic mass is 10.1. The summed E-state index contributed by atoms with van der Waals surface area (Å²) in [7, 11) is 0. The summed E-state index contributed by atoms with van der Waals surface area (Å²) in [4.78, 5) is 13.4. The SMILES string of the molecule is Cc1cc(C)cc(Nc2ccc([N+](=O)[O-])c(NCCN3CCSCC3)c2)c1.